The Morgan fingerprint density at radius 1 is 1.21 bits per heavy atom. The van der Waals surface area contributed by atoms with Crippen LogP contribution in [0.3, 0.4) is 0 Å². The van der Waals surface area contributed by atoms with Crippen LogP contribution in [0.4, 0.5) is 0 Å². The van der Waals surface area contributed by atoms with E-state index in [-0.39, 0.29) is 18.1 Å². The summed E-state index contributed by atoms with van der Waals surface area (Å²) in [7, 11) is 0. The molecule has 2 N–H and O–H groups in total. The van der Waals surface area contributed by atoms with Crippen LogP contribution >= 0.6 is 0 Å². The number of carbonyl (C=O) groups excluding carboxylic acids is 1. The molecule has 1 saturated carbocycles. The smallest absolute Gasteiger partial charge is 0.220 e. The molecule has 5 heteroatoms. The average molecular weight is 383 g/mol. The molecule has 0 bridgehead atoms. The van der Waals surface area contributed by atoms with E-state index in [0.717, 1.165) is 24.0 Å². The first-order valence-electron chi connectivity index (χ1n) is 10.4. The third-order valence-corrected chi connectivity index (χ3v) is 6.02. The Morgan fingerprint density at radius 2 is 2.00 bits per heavy atom. The van der Waals surface area contributed by atoms with Crippen molar-refractivity contribution >= 4 is 5.91 Å². The molecule has 0 radical (unpaired) electrons. The van der Waals surface area contributed by atoms with Gasteiger partial charge in [-0.1, -0.05) is 37.3 Å². The number of β-amino-alcohol motifs (C(OH)–C–C–N with tert-alkyl or cyclic N) is 1. The number of carbonyl (C=O) groups is 1. The summed E-state index contributed by atoms with van der Waals surface area (Å²) in [6.45, 7) is 4.27. The van der Waals surface area contributed by atoms with Gasteiger partial charge in [-0.05, 0) is 36.5 Å². The van der Waals surface area contributed by atoms with E-state index >= 15 is 0 Å². The van der Waals surface area contributed by atoms with E-state index in [9.17, 15) is 9.90 Å². The molecule has 1 saturated heterocycles. The van der Waals surface area contributed by atoms with Crippen molar-refractivity contribution in [3.63, 3.8) is 0 Å². The van der Waals surface area contributed by atoms with Gasteiger partial charge in [0, 0.05) is 44.4 Å². The zero-order chi connectivity index (χ0) is 19.5. The fourth-order valence-electron chi connectivity index (χ4n) is 4.18. The second-order valence-corrected chi connectivity index (χ2v) is 8.39. The molecule has 2 aromatic rings. The lowest BCUT2D eigenvalue weighted by atomic mass is 10.1. The first-order valence-corrected chi connectivity index (χ1v) is 10.4. The lowest BCUT2D eigenvalue weighted by molar-refractivity contribution is -0.121. The number of likely N-dealkylation sites (tertiary alicyclic amines) is 1. The summed E-state index contributed by atoms with van der Waals surface area (Å²) in [5, 5.41) is 13.1. The summed E-state index contributed by atoms with van der Waals surface area (Å²) in [4.78, 5) is 14.6. The van der Waals surface area contributed by atoms with Crippen molar-refractivity contribution < 1.29 is 14.3 Å². The molecule has 150 valence electrons. The highest BCUT2D eigenvalue weighted by molar-refractivity contribution is 5.76. The van der Waals surface area contributed by atoms with Crippen LogP contribution in [0.1, 0.15) is 49.2 Å². The summed E-state index contributed by atoms with van der Waals surface area (Å²) in [6.07, 6.45) is 2.65. The molecular formula is C23H30N2O3. The Balaban J connectivity index is 1.22. The fourth-order valence-corrected chi connectivity index (χ4v) is 4.18. The second kappa shape index (κ2) is 8.50. The van der Waals surface area contributed by atoms with E-state index in [0.29, 0.717) is 38.3 Å². The second-order valence-electron chi connectivity index (χ2n) is 8.39. The molecule has 28 heavy (non-hydrogen) atoms. The Hall–Kier alpha value is -2.11. The van der Waals surface area contributed by atoms with E-state index in [1.165, 1.54) is 12.0 Å². The largest absolute Gasteiger partial charge is 0.466 e. The summed E-state index contributed by atoms with van der Waals surface area (Å²) in [5.74, 6) is 3.30. The summed E-state index contributed by atoms with van der Waals surface area (Å²) >= 11 is 0. The van der Waals surface area contributed by atoms with Crippen molar-refractivity contribution in [3.05, 3.63) is 59.5 Å². The highest BCUT2D eigenvalue weighted by Gasteiger charge is 2.36. The van der Waals surface area contributed by atoms with Crippen molar-refractivity contribution in [3.8, 4) is 0 Å². The molecular weight excluding hydrogens is 352 g/mol. The van der Waals surface area contributed by atoms with Gasteiger partial charge in [0.05, 0.1) is 6.10 Å². The SMILES string of the molecule is C[C@@H]1C[C@@H]1c1ccc(CCC(=O)NC[C@@H]2C[C@@H](O)CN2Cc2ccccc2)o1. The van der Waals surface area contributed by atoms with Crippen LogP contribution in [-0.2, 0) is 17.8 Å². The predicted molar refractivity (Wildman–Crippen MR) is 108 cm³/mol. The number of amides is 1. The number of aryl methyl sites for hydroxylation is 1. The van der Waals surface area contributed by atoms with Crippen molar-refractivity contribution in [2.24, 2.45) is 5.92 Å². The van der Waals surface area contributed by atoms with E-state index < -0.39 is 0 Å². The number of aliphatic hydroxyl groups excluding tert-OH is 1. The maximum absolute atomic E-state index is 12.3. The minimum absolute atomic E-state index is 0.0405. The molecule has 1 aliphatic carbocycles. The third kappa shape index (κ3) is 4.83. The maximum Gasteiger partial charge on any atom is 0.220 e. The van der Waals surface area contributed by atoms with Crippen LogP contribution in [0.5, 0.6) is 0 Å². The van der Waals surface area contributed by atoms with Crippen LogP contribution in [0.25, 0.3) is 0 Å². The number of hydrogen-bond acceptors (Lipinski definition) is 4. The number of benzene rings is 1. The molecule has 2 aliphatic rings. The van der Waals surface area contributed by atoms with E-state index in [2.05, 4.69) is 35.3 Å². The Morgan fingerprint density at radius 3 is 2.75 bits per heavy atom. The normalized spacial score (nSPS) is 27.1. The molecule has 4 rings (SSSR count). The number of nitrogens with zero attached hydrogens (tertiary/aromatic N) is 1. The average Bonchev–Trinajstić information content (AvgIpc) is 3.09. The minimum atomic E-state index is -0.322. The third-order valence-electron chi connectivity index (χ3n) is 6.02. The molecule has 1 aliphatic heterocycles. The first kappa shape index (κ1) is 19.2. The Bertz CT molecular complexity index is 788. The van der Waals surface area contributed by atoms with Gasteiger partial charge in [0.25, 0.3) is 0 Å². The predicted octanol–water partition coefficient (Wildman–Crippen LogP) is 3.09. The van der Waals surface area contributed by atoms with Gasteiger partial charge in [-0.2, -0.15) is 0 Å². The van der Waals surface area contributed by atoms with Gasteiger partial charge in [0.2, 0.25) is 5.91 Å². The summed E-state index contributed by atoms with van der Waals surface area (Å²) in [6, 6.07) is 14.5. The van der Waals surface area contributed by atoms with Crippen LogP contribution < -0.4 is 5.32 Å². The minimum Gasteiger partial charge on any atom is -0.466 e. The molecule has 2 fully saturated rings. The monoisotopic (exact) mass is 382 g/mol. The topological polar surface area (TPSA) is 65.7 Å². The van der Waals surface area contributed by atoms with Gasteiger partial charge >= 0.3 is 0 Å². The van der Waals surface area contributed by atoms with Crippen molar-refractivity contribution in [1.29, 1.82) is 0 Å². The van der Waals surface area contributed by atoms with Crippen LogP contribution in [-0.4, -0.2) is 41.1 Å². The first-order chi connectivity index (χ1) is 13.6. The number of aliphatic hydroxyl groups is 1. The highest BCUT2D eigenvalue weighted by Crippen LogP contribution is 2.47. The number of furan rings is 1. The molecule has 2 heterocycles. The Labute approximate surface area is 166 Å². The van der Waals surface area contributed by atoms with Gasteiger partial charge in [-0.3, -0.25) is 9.69 Å². The molecule has 0 spiro atoms. The quantitative estimate of drug-likeness (QED) is 0.736. The molecule has 1 aromatic carbocycles. The van der Waals surface area contributed by atoms with E-state index in [1.54, 1.807) is 0 Å². The van der Waals surface area contributed by atoms with Crippen molar-refractivity contribution in [2.75, 3.05) is 13.1 Å². The molecule has 5 nitrogen and oxygen atoms in total. The van der Waals surface area contributed by atoms with Gasteiger partial charge in [-0.25, -0.2) is 0 Å². The summed E-state index contributed by atoms with van der Waals surface area (Å²) < 4.78 is 5.88. The van der Waals surface area contributed by atoms with Crippen molar-refractivity contribution in [1.82, 2.24) is 10.2 Å². The number of rotatable bonds is 8. The zero-order valence-corrected chi connectivity index (χ0v) is 16.5. The maximum atomic E-state index is 12.3. The summed E-state index contributed by atoms with van der Waals surface area (Å²) in [5.41, 5.74) is 1.23. The van der Waals surface area contributed by atoms with E-state index in [4.69, 9.17) is 4.42 Å². The van der Waals surface area contributed by atoms with Crippen molar-refractivity contribution in [2.45, 2.75) is 57.2 Å². The number of hydrogen-bond donors (Lipinski definition) is 2. The zero-order valence-electron chi connectivity index (χ0n) is 16.5. The van der Waals surface area contributed by atoms with Crippen LogP contribution in [0.15, 0.2) is 46.9 Å². The van der Waals surface area contributed by atoms with Crippen LogP contribution in [0.2, 0.25) is 0 Å². The highest BCUT2D eigenvalue weighted by atomic mass is 16.3. The van der Waals surface area contributed by atoms with Gasteiger partial charge in [0.15, 0.2) is 0 Å². The number of nitrogens with one attached hydrogen (secondary N) is 1. The van der Waals surface area contributed by atoms with Gasteiger partial charge in [-0.15, -0.1) is 0 Å². The lowest BCUT2D eigenvalue weighted by Crippen LogP contribution is -2.39. The fraction of sp³-hybridized carbons (Fsp3) is 0.522. The van der Waals surface area contributed by atoms with Crippen LogP contribution in [0, 0.1) is 5.92 Å². The van der Waals surface area contributed by atoms with Gasteiger partial charge < -0.3 is 14.8 Å². The molecule has 1 amide bonds. The Kier molecular flexibility index (Phi) is 5.83. The van der Waals surface area contributed by atoms with E-state index in [1.807, 2.05) is 24.3 Å². The molecule has 0 unspecified atom stereocenters. The lowest BCUT2D eigenvalue weighted by Gasteiger charge is -2.24. The van der Waals surface area contributed by atoms with Gasteiger partial charge in [0.1, 0.15) is 11.5 Å². The standard InChI is InChI=1S/C23H30N2O3/c1-16-11-21(16)22-9-7-20(28-22)8-10-23(27)24-13-18-12-19(26)15-25(18)14-17-5-3-2-4-6-17/h2-7,9,16,18-19,21,26H,8,10-15H2,1H3,(H,24,27)/t16-,18+,19-,21+/m1/s1. The molecule has 4 atom stereocenters. The molecule has 1 aromatic heterocycles.